The van der Waals surface area contributed by atoms with Gasteiger partial charge in [-0.05, 0) is 36.6 Å². The van der Waals surface area contributed by atoms with E-state index in [1.165, 1.54) is 18.9 Å². The number of para-hydroxylation sites is 1. The van der Waals surface area contributed by atoms with Crippen LogP contribution in [0.15, 0.2) is 81.7 Å². The average molecular weight is 531 g/mol. The van der Waals surface area contributed by atoms with Crippen LogP contribution in [0.25, 0.3) is 10.6 Å². The van der Waals surface area contributed by atoms with Crippen molar-refractivity contribution in [3.63, 3.8) is 0 Å². The van der Waals surface area contributed by atoms with Crippen molar-refractivity contribution in [3.05, 3.63) is 87.8 Å². The van der Waals surface area contributed by atoms with Crippen LogP contribution >= 0.6 is 23.1 Å². The number of esters is 1. The fraction of sp³-hybridized carbons (Fsp3) is 0.185. The van der Waals surface area contributed by atoms with Crippen molar-refractivity contribution in [2.24, 2.45) is 5.73 Å². The normalized spacial score (nSPS) is 15.0. The summed E-state index contributed by atoms with van der Waals surface area (Å²) < 4.78 is 16.7. The number of pyridine rings is 1. The number of hydrogen-bond donors (Lipinski definition) is 1. The summed E-state index contributed by atoms with van der Waals surface area (Å²) >= 11 is 2.78. The number of rotatable bonds is 8. The highest BCUT2D eigenvalue weighted by atomic mass is 32.2. The van der Waals surface area contributed by atoms with E-state index in [-0.39, 0.29) is 35.1 Å². The molecule has 0 fully saturated rings. The highest BCUT2D eigenvalue weighted by Gasteiger charge is 2.39. The van der Waals surface area contributed by atoms with Crippen LogP contribution in [-0.2, 0) is 14.3 Å². The van der Waals surface area contributed by atoms with Crippen LogP contribution < -0.4 is 10.5 Å². The number of nitrogens with zero attached hydrogens (tertiary/aromatic N) is 3. The van der Waals surface area contributed by atoms with Gasteiger partial charge in [0.25, 0.3) is 0 Å². The van der Waals surface area contributed by atoms with Crippen LogP contribution in [0.3, 0.4) is 0 Å². The Balaban J connectivity index is 1.80. The lowest BCUT2D eigenvalue weighted by molar-refractivity contribution is -0.139. The van der Waals surface area contributed by atoms with Crippen LogP contribution in [-0.4, -0.2) is 30.4 Å². The molecule has 186 valence electrons. The molecular weight excluding hydrogens is 508 g/mol. The summed E-state index contributed by atoms with van der Waals surface area (Å²) in [4.78, 5) is 18.9. The molecule has 3 heterocycles. The summed E-state index contributed by atoms with van der Waals surface area (Å²) in [7, 11) is 1.51. The van der Waals surface area contributed by atoms with Crippen LogP contribution in [0.5, 0.6) is 5.75 Å². The van der Waals surface area contributed by atoms with E-state index >= 15 is 0 Å². The van der Waals surface area contributed by atoms with E-state index in [0.29, 0.717) is 21.9 Å². The highest BCUT2D eigenvalue weighted by Crippen LogP contribution is 2.44. The zero-order valence-electron chi connectivity index (χ0n) is 20.1. The Hall–Kier alpha value is -4.25. The summed E-state index contributed by atoms with van der Waals surface area (Å²) in [6, 6.07) is 18.7. The second-order valence-corrected chi connectivity index (χ2v) is 9.56. The Labute approximate surface area is 222 Å². The molecule has 1 aliphatic heterocycles. The van der Waals surface area contributed by atoms with Gasteiger partial charge < -0.3 is 19.9 Å². The molecule has 1 aliphatic rings. The van der Waals surface area contributed by atoms with Crippen molar-refractivity contribution in [1.82, 2.24) is 4.98 Å². The molecule has 1 atom stereocenters. The first-order valence-electron chi connectivity index (χ1n) is 11.2. The summed E-state index contributed by atoms with van der Waals surface area (Å²) in [5.41, 5.74) is 8.11. The van der Waals surface area contributed by atoms with Crippen LogP contribution in [0.2, 0.25) is 0 Å². The summed E-state index contributed by atoms with van der Waals surface area (Å²) in [6.07, 6.45) is 0. The molecule has 2 N–H and O–H groups in total. The first kappa shape index (κ1) is 25.8. The zero-order chi connectivity index (χ0) is 26.4. The highest BCUT2D eigenvalue weighted by molar-refractivity contribution is 7.99. The topological polar surface area (TPSA) is 131 Å². The molecule has 0 saturated heterocycles. The van der Waals surface area contributed by atoms with Crippen molar-refractivity contribution >= 4 is 29.1 Å². The molecule has 0 radical (unpaired) electrons. The lowest BCUT2D eigenvalue weighted by Crippen LogP contribution is -2.27. The Morgan fingerprint density at radius 1 is 1.19 bits per heavy atom. The third-order valence-corrected chi connectivity index (χ3v) is 7.42. The smallest absolute Gasteiger partial charge is 0.338 e. The average Bonchev–Trinajstić information content (AvgIpc) is 3.46. The Bertz CT molecular complexity index is 1470. The number of thioether (sulfide) groups is 1. The van der Waals surface area contributed by atoms with E-state index in [1.54, 1.807) is 54.7 Å². The van der Waals surface area contributed by atoms with Crippen LogP contribution in [0.1, 0.15) is 24.0 Å². The summed E-state index contributed by atoms with van der Waals surface area (Å²) in [6.45, 7) is 1.83. The van der Waals surface area contributed by atoms with Gasteiger partial charge >= 0.3 is 5.97 Å². The molecule has 0 unspecified atom stereocenters. The number of allylic oxidation sites excluding steroid dienone is 1. The van der Waals surface area contributed by atoms with E-state index < -0.39 is 11.9 Å². The number of carbonyl (C=O) groups excluding carboxylic acids is 1. The van der Waals surface area contributed by atoms with Gasteiger partial charge in [-0.15, -0.1) is 11.3 Å². The van der Waals surface area contributed by atoms with Crippen molar-refractivity contribution in [2.75, 3.05) is 19.5 Å². The molecule has 0 aliphatic carbocycles. The summed E-state index contributed by atoms with van der Waals surface area (Å²) in [5.74, 6) is -0.762. The monoisotopic (exact) mass is 530 g/mol. The second-order valence-electron chi connectivity index (χ2n) is 7.65. The Kier molecular flexibility index (Phi) is 8.14. The maximum atomic E-state index is 13.3. The van der Waals surface area contributed by atoms with Gasteiger partial charge in [0, 0.05) is 5.56 Å². The number of nitriles is 2. The number of nitrogens with two attached hydrogens (primary N) is 1. The van der Waals surface area contributed by atoms with Gasteiger partial charge in [0.15, 0.2) is 0 Å². The Morgan fingerprint density at radius 3 is 2.68 bits per heavy atom. The fourth-order valence-corrected chi connectivity index (χ4v) is 5.51. The van der Waals surface area contributed by atoms with Crippen LogP contribution in [0.4, 0.5) is 0 Å². The number of benzene rings is 1. The van der Waals surface area contributed by atoms with Gasteiger partial charge in [0.05, 0.1) is 47.1 Å². The maximum absolute atomic E-state index is 13.3. The minimum Gasteiger partial charge on any atom is -0.496 e. The van der Waals surface area contributed by atoms with E-state index in [0.717, 1.165) is 10.6 Å². The molecule has 4 rings (SSSR count). The predicted molar refractivity (Wildman–Crippen MR) is 140 cm³/mol. The number of aromatic nitrogens is 1. The maximum Gasteiger partial charge on any atom is 0.338 e. The SMILES string of the molecule is CCOC(=O)C1=C(CSc2nc(-c3cccs3)ccc2C#N)OC(N)=C(C#N)[C@H]1c1ccccc1OC. The lowest BCUT2D eigenvalue weighted by Gasteiger charge is -2.28. The molecule has 1 aromatic carbocycles. The van der Waals surface area contributed by atoms with Crippen molar-refractivity contribution < 1.29 is 19.0 Å². The largest absolute Gasteiger partial charge is 0.496 e. The van der Waals surface area contributed by atoms with Gasteiger partial charge in [0.2, 0.25) is 5.88 Å². The van der Waals surface area contributed by atoms with E-state index in [1.807, 2.05) is 17.5 Å². The number of thiophene rings is 1. The molecule has 3 aromatic rings. The molecule has 2 aromatic heterocycles. The third kappa shape index (κ3) is 5.31. The number of methoxy groups -OCH3 is 1. The quantitative estimate of drug-likeness (QED) is 0.312. The third-order valence-electron chi connectivity index (χ3n) is 5.54. The van der Waals surface area contributed by atoms with Crippen LogP contribution in [0, 0.1) is 22.7 Å². The van der Waals surface area contributed by atoms with Crippen molar-refractivity contribution in [3.8, 4) is 28.5 Å². The number of hydrogen-bond acceptors (Lipinski definition) is 10. The second kappa shape index (κ2) is 11.7. The first-order chi connectivity index (χ1) is 18.0. The lowest BCUT2D eigenvalue weighted by atomic mass is 9.82. The minimum absolute atomic E-state index is 0.0804. The predicted octanol–water partition coefficient (Wildman–Crippen LogP) is 5.11. The van der Waals surface area contributed by atoms with Crippen molar-refractivity contribution in [1.29, 1.82) is 10.5 Å². The fourth-order valence-electron chi connectivity index (χ4n) is 3.90. The molecule has 0 spiro atoms. The molecule has 37 heavy (non-hydrogen) atoms. The molecular formula is C27H22N4O4S2. The number of ether oxygens (including phenoxy) is 3. The molecule has 10 heteroatoms. The van der Waals surface area contributed by atoms with Gasteiger partial charge in [-0.3, -0.25) is 0 Å². The summed E-state index contributed by atoms with van der Waals surface area (Å²) in [5, 5.41) is 22.0. The number of carbonyl (C=O) groups is 1. The van der Waals surface area contributed by atoms with E-state index in [9.17, 15) is 15.3 Å². The molecule has 0 amide bonds. The van der Waals surface area contributed by atoms with Gasteiger partial charge in [-0.1, -0.05) is 36.0 Å². The minimum atomic E-state index is -0.856. The zero-order valence-corrected chi connectivity index (χ0v) is 21.7. The molecule has 0 saturated carbocycles. The van der Waals surface area contributed by atoms with Gasteiger partial charge in [-0.2, -0.15) is 10.5 Å². The molecule has 0 bridgehead atoms. The van der Waals surface area contributed by atoms with Gasteiger partial charge in [-0.25, -0.2) is 9.78 Å². The Morgan fingerprint density at radius 2 is 2.00 bits per heavy atom. The van der Waals surface area contributed by atoms with Gasteiger partial charge in [0.1, 0.15) is 34.2 Å². The van der Waals surface area contributed by atoms with E-state index in [2.05, 4.69) is 17.1 Å². The standard InChI is InChI=1S/C27H22N4O4S2/c1-3-34-27(32)24-21(15-37-26-16(13-28)10-11-19(31-26)22-9-6-12-36-22)35-25(30)18(14-29)23(24)17-7-4-5-8-20(17)33-2/h4-12,23H,3,15,30H2,1-2H3/t23-/m1/s1. The van der Waals surface area contributed by atoms with E-state index in [4.69, 9.17) is 19.9 Å². The van der Waals surface area contributed by atoms with Crippen molar-refractivity contribution in [2.45, 2.75) is 17.9 Å². The first-order valence-corrected chi connectivity index (χ1v) is 13.1. The molecule has 8 nitrogen and oxygen atoms in total.